The van der Waals surface area contributed by atoms with Crippen molar-refractivity contribution >= 4 is 5.91 Å². The van der Waals surface area contributed by atoms with Crippen molar-refractivity contribution < 1.29 is 19.1 Å². The molecule has 7 nitrogen and oxygen atoms in total. The Labute approximate surface area is 165 Å². The van der Waals surface area contributed by atoms with E-state index in [1.54, 1.807) is 7.11 Å². The number of likely N-dealkylation sites (tertiary alicyclic amines) is 1. The molecule has 1 aliphatic rings. The first-order chi connectivity index (χ1) is 13.7. The van der Waals surface area contributed by atoms with Crippen LogP contribution >= 0.6 is 0 Å². The molecule has 1 aliphatic heterocycles. The molecule has 7 heteroatoms. The van der Waals surface area contributed by atoms with Gasteiger partial charge in [0.25, 0.3) is 0 Å². The highest BCUT2D eigenvalue weighted by Gasteiger charge is 2.26. The number of aryl methyl sites for hydroxylation is 3. The lowest BCUT2D eigenvalue weighted by molar-refractivity contribution is -0.135. The second-order valence-electron chi connectivity index (χ2n) is 7.15. The maximum Gasteiger partial charge on any atom is 0.223 e. The van der Waals surface area contributed by atoms with Gasteiger partial charge in [-0.2, -0.15) is 0 Å². The third-order valence-corrected chi connectivity index (χ3v) is 5.27. The lowest BCUT2D eigenvalue weighted by Crippen LogP contribution is -2.44. The van der Waals surface area contributed by atoms with E-state index in [-0.39, 0.29) is 18.6 Å². The van der Waals surface area contributed by atoms with Crippen molar-refractivity contribution in [2.24, 2.45) is 0 Å². The molecule has 1 atom stereocenters. The number of ether oxygens (including phenoxy) is 1. The van der Waals surface area contributed by atoms with E-state index in [1.807, 2.05) is 29.2 Å². The van der Waals surface area contributed by atoms with Crippen molar-refractivity contribution in [3.63, 3.8) is 0 Å². The summed E-state index contributed by atoms with van der Waals surface area (Å²) in [7, 11) is 1.66. The van der Waals surface area contributed by atoms with Gasteiger partial charge in [-0.1, -0.05) is 18.2 Å². The largest absolute Gasteiger partial charge is 0.496 e. The van der Waals surface area contributed by atoms with Gasteiger partial charge in [-0.05, 0) is 43.7 Å². The van der Waals surface area contributed by atoms with Gasteiger partial charge in [-0.15, -0.1) is 10.2 Å². The molecule has 2 aromatic rings. The molecule has 28 heavy (non-hydrogen) atoms. The number of rotatable bonds is 9. The van der Waals surface area contributed by atoms with Gasteiger partial charge in [-0.3, -0.25) is 4.79 Å². The van der Waals surface area contributed by atoms with E-state index in [4.69, 9.17) is 9.15 Å². The van der Waals surface area contributed by atoms with Crippen LogP contribution < -0.4 is 4.74 Å². The van der Waals surface area contributed by atoms with Crippen molar-refractivity contribution in [1.29, 1.82) is 0 Å². The molecule has 1 aromatic heterocycles. The van der Waals surface area contributed by atoms with E-state index in [1.165, 1.54) is 0 Å². The van der Waals surface area contributed by atoms with Crippen LogP contribution in [0.3, 0.4) is 0 Å². The minimum Gasteiger partial charge on any atom is -0.496 e. The molecule has 1 saturated heterocycles. The second-order valence-corrected chi connectivity index (χ2v) is 7.15. The van der Waals surface area contributed by atoms with Crippen LogP contribution in [0.2, 0.25) is 0 Å². The van der Waals surface area contributed by atoms with E-state index in [0.717, 1.165) is 43.5 Å². The Morgan fingerprint density at radius 2 is 2.00 bits per heavy atom. The lowest BCUT2D eigenvalue weighted by atomic mass is 9.99. The minimum atomic E-state index is 0.104. The fourth-order valence-corrected chi connectivity index (χ4v) is 3.78. The van der Waals surface area contributed by atoms with Crippen LogP contribution in [0.4, 0.5) is 0 Å². The molecule has 1 amide bonds. The van der Waals surface area contributed by atoms with Gasteiger partial charge in [0.2, 0.25) is 17.7 Å². The third kappa shape index (κ3) is 5.32. The maximum absolute atomic E-state index is 12.6. The zero-order chi connectivity index (χ0) is 19.8. The van der Waals surface area contributed by atoms with E-state index < -0.39 is 0 Å². The fraction of sp³-hybridized carbons (Fsp3) is 0.571. The number of methoxy groups -OCH3 is 1. The van der Waals surface area contributed by atoms with Gasteiger partial charge < -0.3 is 19.2 Å². The lowest BCUT2D eigenvalue weighted by Gasteiger charge is -2.35. The number of amides is 1. The summed E-state index contributed by atoms with van der Waals surface area (Å²) >= 11 is 0. The third-order valence-electron chi connectivity index (χ3n) is 5.27. The van der Waals surface area contributed by atoms with Crippen molar-refractivity contribution in [3.8, 4) is 5.75 Å². The first-order valence-corrected chi connectivity index (χ1v) is 10.0. The van der Waals surface area contributed by atoms with Gasteiger partial charge in [0.15, 0.2) is 0 Å². The predicted octanol–water partition coefficient (Wildman–Crippen LogP) is 2.56. The van der Waals surface area contributed by atoms with Crippen molar-refractivity contribution in [3.05, 3.63) is 41.6 Å². The normalized spacial score (nSPS) is 16.9. The van der Waals surface area contributed by atoms with E-state index in [9.17, 15) is 9.90 Å². The highest BCUT2D eigenvalue weighted by molar-refractivity contribution is 5.76. The summed E-state index contributed by atoms with van der Waals surface area (Å²) in [5.41, 5.74) is 1.10. The number of carbonyl (C=O) groups excluding carboxylic acids is 1. The summed E-state index contributed by atoms with van der Waals surface area (Å²) in [6, 6.07) is 8.04. The maximum atomic E-state index is 12.6. The molecule has 1 aromatic carbocycles. The Hall–Kier alpha value is -2.41. The second kappa shape index (κ2) is 10.2. The molecule has 0 aliphatic carbocycles. The summed E-state index contributed by atoms with van der Waals surface area (Å²) in [5.74, 6) is 2.03. The average Bonchev–Trinajstić information content (AvgIpc) is 3.19. The molecular formula is C21H29N3O4. The van der Waals surface area contributed by atoms with Gasteiger partial charge in [0.1, 0.15) is 5.75 Å². The first-order valence-electron chi connectivity index (χ1n) is 10.0. The molecule has 3 rings (SSSR count). The number of hydrogen-bond donors (Lipinski definition) is 1. The number of para-hydroxylation sites is 1. The Kier molecular flexibility index (Phi) is 7.42. The monoisotopic (exact) mass is 387 g/mol. The zero-order valence-electron chi connectivity index (χ0n) is 16.5. The van der Waals surface area contributed by atoms with Gasteiger partial charge in [-0.25, -0.2) is 0 Å². The molecule has 0 spiro atoms. The van der Waals surface area contributed by atoms with Crippen LogP contribution in [0.15, 0.2) is 28.7 Å². The van der Waals surface area contributed by atoms with Crippen LogP contribution in [0.1, 0.15) is 49.4 Å². The van der Waals surface area contributed by atoms with Gasteiger partial charge in [0.05, 0.1) is 7.11 Å². The summed E-state index contributed by atoms with van der Waals surface area (Å²) in [5, 5.41) is 17.4. The molecule has 152 valence electrons. The van der Waals surface area contributed by atoms with Crippen LogP contribution in [0, 0.1) is 0 Å². The Balaban J connectivity index is 1.49. The molecule has 0 radical (unpaired) electrons. The molecule has 1 N–H and O–H groups in total. The highest BCUT2D eigenvalue weighted by atomic mass is 16.5. The van der Waals surface area contributed by atoms with E-state index >= 15 is 0 Å². The van der Waals surface area contributed by atoms with Crippen molar-refractivity contribution in [2.75, 3.05) is 20.3 Å². The first kappa shape index (κ1) is 20.3. The molecule has 0 saturated carbocycles. The number of aliphatic hydroxyl groups is 1. The molecular weight excluding hydrogens is 358 g/mol. The number of hydrogen-bond acceptors (Lipinski definition) is 6. The topological polar surface area (TPSA) is 88.7 Å². The number of carbonyl (C=O) groups is 1. The van der Waals surface area contributed by atoms with Gasteiger partial charge in [0, 0.05) is 38.5 Å². The molecule has 1 fully saturated rings. The number of nitrogens with zero attached hydrogens (tertiary/aromatic N) is 3. The number of piperidine rings is 1. The van der Waals surface area contributed by atoms with Crippen LogP contribution in [0.25, 0.3) is 0 Å². The van der Waals surface area contributed by atoms with Crippen LogP contribution in [-0.4, -0.2) is 52.4 Å². The standard InChI is InChI=1S/C21H29N3O4/c1-27-18-8-3-2-6-16(18)9-10-19-22-23-20(28-19)11-12-21(26)24-14-5-4-7-17(24)13-15-25/h2-3,6,8,17,25H,4-5,7,9-15H2,1H3/t17-/m1/s1. The van der Waals surface area contributed by atoms with E-state index in [0.29, 0.717) is 37.5 Å². The summed E-state index contributed by atoms with van der Waals surface area (Å²) in [6.07, 6.45) is 5.96. The van der Waals surface area contributed by atoms with Crippen LogP contribution in [0.5, 0.6) is 5.75 Å². The number of benzene rings is 1. The Morgan fingerprint density at radius 3 is 2.79 bits per heavy atom. The van der Waals surface area contributed by atoms with Crippen molar-refractivity contribution in [2.45, 2.75) is 57.4 Å². The Morgan fingerprint density at radius 1 is 1.21 bits per heavy atom. The van der Waals surface area contributed by atoms with Crippen molar-refractivity contribution in [1.82, 2.24) is 15.1 Å². The molecule has 2 heterocycles. The number of aromatic nitrogens is 2. The summed E-state index contributed by atoms with van der Waals surface area (Å²) in [6.45, 7) is 0.894. The van der Waals surface area contributed by atoms with E-state index in [2.05, 4.69) is 10.2 Å². The fourth-order valence-electron chi connectivity index (χ4n) is 3.78. The zero-order valence-corrected chi connectivity index (χ0v) is 16.5. The SMILES string of the molecule is COc1ccccc1CCc1nnc(CCC(=O)N2CCCC[C@@H]2CCO)o1. The smallest absolute Gasteiger partial charge is 0.223 e. The summed E-state index contributed by atoms with van der Waals surface area (Å²) < 4.78 is 11.1. The quantitative estimate of drug-likeness (QED) is 0.711. The average molecular weight is 387 g/mol. The molecule has 0 unspecified atom stereocenters. The van der Waals surface area contributed by atoms with Crippen LogP contribution in [-0.2, 0) is 24.1 Å². The minimum absolute atomic E-state index is 0.104. The summed E-state index contributed by atoms with van der Waals surface area (Å²) in [4.78, 5) is 14.5. The highest BCUT2D eigenvalue weighted by Crippen LogP contribution is 2.21. The number of aliphatic hydroxyl groups excluding tert-OH is 1. The molecule has 0 bridgehead atoms. The predicted molar refractivity (Wildman–Crippen MR) is 104 cm³/mol. The van der Waals surface area contributed by atoms with Gasteiger partial charge >= 0.3 is 0 Å². The Bertz CT molecular complexity index is 760.